The highest BCUT2D eigenvalue weighted by Crippen LogP contribution is 2.28. The molecule has 1 fully saturated rings. The molecule has 1 atom stereocenters. The molecule has 1 unspecified atom stereocenters. The third kappa shape index (κ3) is 5.83. The fraction of sp³-hybridized carbons (Fsp3) is 0.632. The van der Waals surface area contributed by atoms with Crippen molar-refractivity contribution in [1.82, 2.24) is 9.80 Å². The zero-order valence-electron chi connectivity index (χ0n) is 15.8. The first-order valence-corrected chi connectivity index (χ1v) is 9.01. The van der Waals surface area contributed by atoms with Gasteiger partial charge < -0.3 is 15.7 Å². The van der Waals surface area contributed by atoms with Gasteiger partial charge in [0.15, 0.2) is 0 Å². The summed E-state index contributed by atoms with van der Waals surface area (Å²) in [6.45, 7) is 8.11. The molecule has 1 aromatic rings. The minimum absolute atomic E-state index is 0. The van der Waals surface area contributed by atoms with Crippen LogP contribution in [-0.2, 0) is 4.79 Å². The first kappa shape index (κ1) is 25.1. The van der Waals surface area contributed by atoms with Crippen LogP contribution in [0.5, 0.6) is 0 Å². The molecule has 0 aromatic heterocycles. The number of aliphatic hydroxyl groups is 1. The Kier molecular flexibility index (Phi) is 11.4. The number of halogens is 2. The summed E-state index contributed by atoms with van der Waals surface area (Å²) in [5.74, 6) is 0.193. The molecule has 5 nitrogen and oxygen atoms in total. The number of nitrogens with two attached hydrogens (primary N) is 1. The lowest BCUT2D eigenvalue weighted by Gasteiger charge is -2.40. The summed E-state index contributed by atoms with van der Waals surface area (Å²) in [6.07, 6.45) is 1.08. The van der Waals surface area contributed by atoms with Crippen molar-refractivity contribution < 1.29 is 9.90 Å². The third-order valence-electron chi connectivity index (χ3n) is 5.47. The van der Waals surface area contributed by atoms with E-state index < -0.39 is 11.5 Å². The molecule has 7 heteroatoms. The standard InChI is InChI=1S/C19H31N3O2.2ClH/c1-3-19(4-2,15-20)18(24)22-12-10-21(11-13-22)14-17(23)16-8-6-5-7-9-16;;/h5-9,17,23H,3-4,10-15,20H2,1-2H3;2*1H. The first-order valence-electron chi connectivity index (χ1n) is 9.01. The number of hydrogen-bond acceptors (Lipinski definition) is 4. The van der Waals surface area contributed by atoms with Crippen molar-refractivity contribution in [1.29, 1.82) is 0 Å². The summed E-state index contributed by atoms with van der Waals surface area (Å²) in [4.78, 5) is 17.0. The van der Waals surface area contributed by atoms with Crippen molar-refractivity contribution in [2.24, 2.45) is 11.1 Å². The van der Waals surface area contributed by atoms with Crippen molar-refractivity contribution in [2.75, 3.05) is 39.3 Å². The van der Waals surface area contributed by atoms with Crippen molar-refractivity contribution in [3.8, 4) is 0 Å². The molecule has 1 saturated heterocycles. The summed E-state index contributed by atoms with van der Waals surface area (Å²) >= 11 is 0. The number of β-amino-alcohol motifs (C(OH)–C–C–N with tert-alkyl or cyclic N) is 1. The minimum Gasteiger partial charge on any atom is -0.387 e. The molecule has 150 valence electrons. The van der Waals surface area contributed by atoms with Crippen molar-refractivity contribution in [3.05, 3.63) is 35.9 Å². The number of aliphatic hydroxyl groups excluding tert-OH is 1. The number of benzene rings is 1. The maximum Gasteiger partial charge on any atom is 0.230 e. The second-order valence-corrected chi connectivity index (χ2v) is 6.71. The van der Waals surface area contributed by atoms with Crippen LogP contribution in [0.1, 0.15) is 38.4 Å². The Balaban J connectivity index is 0.00000312. The fourth-order valence-electron chi connectivity index (χ4n) is 3.42. The molecule has 2 rings (SSSR count). The molecule has 0 spiro atoms. The van der Waals surface area contributed by atoms with Crippen LogP contribution in [0.3, 0.4) is 0 Å². The van der Waals surface area contributed by atoms with Crippen LogP contribution in [0, 0.1) is 5.41 Å². The predicted octanol–water partition coefficient (Wildman–Crippen LogP) is 2.47. The van der Waals surface area contributed by atoms with Crippen LogP contribution in [0.25, 0.3) is 0 Å². The highest BCUT2D eigenvalue weighted by atomic mass is 35.5. The molecular formula is C19H33Cl2N3O2. The maximum absolute atomic E-state index is 12.8. The average molecular weight is 406 g/mol. The zero-order valence-corrected chi connectivity index (χ0v) is 17.4. The summed E-state index contributed by atoms with van der Waals surface area (Å²) in [7, 11) is 0. The Morgan fingerprint density at radius 1 is 1.12 bits per heavy atom. The van der Waals surface area contributed by atoms with Crippen LogP contribution in [-0.4, -0.2) is 60.1 Å². The van der Waals surface area contributed by atoms with E-state index >= 15 is 0 Å². The van der Waals surface area contributed by atoms with Gasteiger partial charge in [0.05, 0.1) is 11.5 Å². The van der Waals surface area contributed by atoms with E-state index in [1.54, 1.807) is 0 Å². The van der Waals surface area contributed by atoms with E-state index in [4.69, 9.17) is 5.73 Å². The second kappa shape index (κ2) is 11.8. The Morgan fingerprint density at radius 2 is 1.65 bits per heavy atom. The van der Waals surface area contributed by atoms with Crippen LogP contribution < -0.4 is 5.73 Å². The van der Waals surface area contributed by atoms with Gasteiger partial charge in [-0.25, -0.2) is 0 Å². The van der Waals surface area contributed by atoms with Gasteiger partial charge in [0.2, 0.25) is 5.91 Å². The van der Waals surface area contributed by atoms with E-state index in [1.165, 1.54) is 0 Å². The number of rotatable bonds is 7. The van der Waals surface area contributed by atoms with Crippen molar-refractivity contribution in [2.45, 2.75) is 32.8 Å². The van der Waals surface area contributed by atoms with E-state index in [-0.39, 0.29) is 30.7 Å². The number of nitrogens with zero attached hydrogens (tertiary/aromatic N) is 2. The van der Waals surface area contributed by atoms with Gasteiger partial charge in [0.1, 0.15) is 0 Å². The minimum atomic E-state index is -0.483. The molecule has 3 N–H and O–H groups in total. The molecule has 0 radical (unpaired) electrons. The van der Waals surface area contributed by atoms with E-state index in [0.29, 0.717) is 26.2 Å². The maximum atomic E-state index is 12.8. The SMILES string of the molecule is CCC(CC)(CN)C(=O)N1CCN(CC(O)c2ccccc2)CC1.Cl.Cl. The Labute approximate surface area is 169 Å². The summed E-state index contributed by atoms with van der Waals surface area (Å²) in [6, 6.07) is 9.73. The molecule has 0 saturated carbocycles. The Morgan fingerprint density at radius 3 is 2.12 bits per heavy atom. The van der Waals surface area contributed by atoms with Crippen LogP contribution in [0.4, 0.5) is 0 Å². The first-order chi connectivity index (χ1) is 11.6. The van der Waals surface area contributed by atoms with Gasteiger partial charge in [-0.05, 0) is 18.4 Å². The van der Waals surface area contributed by atoms with E-state index in [2.05, 4.69) is 4.90 Å². The number of amides is 1. The largest absolute Gasteiger partial charge is 0.387 e. The lowest BCUT2D eigenvalue weighted by atomic mass is 9.81. The Bertz CT molecular complexity index is 511. The highest BCUT2D eigenvalue weighted by Gasteiger charge is 2.37. The van der Waals surface area contributed by atoms with E-state index in [0.717, 1.165) is 31.5 Å². The third-order valence-corrected chi connectivity index (χ3v) is 5.47. The zero-order chi connectivity index (χ0) is 17.6. The van der Waals surface area contributed by atoms with E-state index in [9.17, 15) is 9.90 Å². The van der Waals surface area contributed by atoms with Gasteiger partial charge in [0.25, 0.3) is 0 Å². The summed E-state index contributed by atoms with van der Waals surface area (Å²) in [5.41, 5.74) is 6.43. The topological polar surface area (TPSA) is 69.8 Å². The monoisotopic (exact) mass is 405 g/mol. The predicted molar refractivity (Wildman–Crippen MR) is 111 cm³/mol. The molecular weight excluding hydrogens is 373 g/mol. The van der Waals surface area contributed by atoms with Crippen LogP contribution in [0.2, 0.25) is 0 Å². The molecule has 26 heavy (non-hydrogen) atoms. The van der Waals surface area contributed by atoms with Crippen LogP contribution >= 0.6 is 24.8 Å². The Hall–Kier alpha value is -0.850. The van der Waals surface area contributed by atoms with Gasteiger partial charge in [-0.1, -0.05) is 44.2 Å². The van der Waals surface area contributed by atoms with Gasteiger partial charge >= 0.3 is 0 Å². The van der Waals surface area contributed by atoms with E-state index in [1.807, 2.05) is 49.1 Å². The molecule has 1 aliphatic rings. The van der Waals surface area contributed by atoms with Crippen LogP contribution in [0.15, 0.2) is 30.3 Å². The fourth-order valence-corrected chi connectivity index (χ4v) is 3.42. The normalized spacial score (nSPS) is 16.4. The molecule has 1 amide bonds. The highest BCUT2D eigenvalue weighted by molar-refractivity contribution is 5.85. The molecule has 1 aromatic carbocycles. The summed E-state index contributed by atoms with van der Waals surface area (Å²) in [5, 5.41) is 10.4. The number of carbonyl (C=O) groups is 1. The number of carbonyl (C=O) groups excluding carboxylic acids is 1. The number of hydrogen-bond donors (Lipinski definition) is 2. The van der Waals surface area contributed by atoms with Gasteiger partial charge in [-0.2, -0.15) is 0 Å². The lowest BCUT2D eigenvalue weighted by Crippen LogP contribution is -2.55. The smallest absolute Gasteiger partial charge is 0.230 e. The van der Waals surface area contributed by atoms with Gasteiger partial charge in [-0.3, -0.25) is 9.69 Å². The molecule has 1 aliphatic heterocycles. The average Bonchev–Trinajstić information content (AvgIpc) is 2.65. The lowest BCUT2D eigenvalue weighted by molar-refractivity contribution is -0.144. The second-order valence-electron chi connectivity index (χ2n) is 6.71. The molecule has 0 bridgehead atoms. The molecule has 0 aliphatic carbocycles. The van der Waals surface area contributed by atoms with Gasteiger partial charge in [-0.15, -0.1) is 24.8 Å². The quantitative estimate of drug-likeness (QED) is 0.730. The van der Waals surface area contributed by atoms with Crippen molar-refractivity contribution >= 4 is 30.7 Å². The van der Waals surface area contributed by atoms with Gasteiger partial charge in [0, 0.05) is 39.3 Å². The van der Waals surface area contributed by atoms with Crippen molar-refractivity contribution in [3.63, 3.8) is 0 Å². The molecule has 1 heterocycles. The number of piperazine rings is 1. The summed E-state index contributed by atoms with van der Waals surface area (Å²) < 4.78 is 0.